The van der Waals surface area contributed by atoms with Crippen LogP contribution in [0.2, 0.25) is 10.0 Å². The first-order chi connectivity index (χ1) is 16.0. The molecule has 1 atom stereocenters. The molecule has 1 saturated heterocycles. The first kappa shape index (κ1) is 21.4. The van der Waals surface area contributed by atoms with Crippen molar-refractivity contribution in [2.75, 3.05) is 18.0 Å². The molecule has 166 valence electrons. The van der Waals surface area contributed by atoms with Gasteiger partial charge in [-0.1, -0.05) is 23.2 Å². The number of pyridine rings is 2. The average Bonchev–Trinajstić information content (AvgIpc) is 3.19. The van der Waals surface area contributed by atoms with E-state index in [0.29, 0.717) is 28.4 Å². The highest BCUT2D eigenvalue weighted by molar-refractivity contribution is 6.35. The molecule has 1 fully saturated rings. The Morgan fingerprint density at radius 1 is 1.21 bits per heavy atom. The van der Waals surface area contributed by atoms with Gasteiger partial charge in [0.05, 0.1) is 21.7 Å². The van der Waals surface area contributed by atoms with Crippen LogP contribution in [-0.2, 0) is 0 Å². The van der Waals surface area contributed by atoms with Gasteiger partial charge in [-0.25, -0.2) is 9.97 Å². The predicted molar refractivity (Wildman–Crippen MR) is 123 cm³/mol. The number of nitrogens with zero attached hydrogens (tertiary/aromatic N) is 5. The smallest absolute Gasteiger partial charge is 0.232 e. The highest BCUT2D eigenvalue weighted by Crippen LogP contribution is 2.35. The van der Waals surface area contributed by atoms with Crippen molar-refractivity contribution >= 4 is 39.9 Å². The van der Waals surface area contributed by atoms with Crippen LogP contribution in [0.5, 0.6) is 5.75 Å². The third kappa shape index (κ3) is 3.82. The number of hydrogen-bond acceptors (Lipinski definition) is 7. The van der Waals surface area contributed by atoms with Crippen molar-refractivity contribution in [3.8, 4) is 23.1 Å². The molecule has 0 bridgehead atoms. The molecule has 3 aromatic heterocycles. The van der Waals surface area contributed by atoms with Crippen molar-refractivity contribution in [3.63, 3.8) is 0 Å². The third-order valence-corrected chi connectivity index (χ3v) is 6.12. The minimum absolute atomic E-state index is 0.0939. The summed E-state index contributed by atoms with van der Waals surface area (Å²) in [6.07, 6.45) is 2.79. The maximum absolute atomic E-state index is 13.8. The summed E-state index contributed by atoms with van der Waals surface area (Å²) in [7, 11) is 0. The summed E-state index contributed by atoms with van der Waals surface area (Å²) in [4.78, 5) is 10.0. The number of benzene rings is 1. The molecule has 0 radical (unpaired) electrons. The van der Waals surface area contributed by atoms with Crippen LogP contribution in [0.4, 0.5) is 10.2 Å². The lowest BCUT2D eigenvalue weighted by Gasteiger charge is -2.32. The molecule has 0 amide bonds. The summed E-state index contributed by atoms with van der Waals surface area (Å²) < 4.78 is 19.6. The van der Waals surface area contributed by atoms with E-state index in [0.717, 1.165) is 36.6 Å². The predicted octanol–water partition coefficient (Wildman–Crippen LogP) is 4.58. The van der Waals surface area contributed by atoms with Gasteiger partial charge in [-0.2, -0.15) is 14.8 Å². The van der Waals surface area contributed by atoms with E-state index in [1.54, 1.807) is 30.5 Å². The standard InChI is InChI=1S/C22H16Cl2FN7O/c23-15-10-28-20(25)18(24)17(15)21(27)33-13-2-3-16-14(7-13)19(31-30-16)12-6-11(8-26)22(29-9-12)32-4-1-5-32/h2-3,6-7,9-10,21H,1,4-5,27H2,(H,30,31)/t21-/m0/s1. The van der Waals surface area contributed by atoms with Crippen molar-refractivity contribution in [3.05, 3.63) is 63.8 Å². The number of nitrogens with two attached hydrogens (primary N) is 1. The molecule has 4 heterocycles. The van der Waals surface area contributed by atoms with Gasteiger partial charge in [-0.05, 0) is 30.7 Å². The van der Waals surface area contributed by atoms with E-state index in [-0.39, 0.29) is 15.6 Å². The fourth-order valence-electron chi connectivity index (χ4n) is 3.66. The van der Waals surface area contributed by atoms with Crippen molar-refractivity contribution in [1.82, 2.24) is 20.2 Å². The molecular formula is C22H16Cl2FN7O. The summed E-state index contributed by atoms with van der Waals surface area (Å²) in [6.45, 7) is 1.78. The number of H-pyrrole nitrogens is 1. The van der Waals surface area contributed by atoms with Gasteiger partial charge in [0.1, 0.15) is 28.4 Å². The first-order valence-electron chi connectivity index (χ1n) is 10.0. The lowest BCUT2D eigenvalue weighted by molar-refractivity contribution is 0.214. The molecule has 0 saturated carbocycles. The van der Waals surface area contributed by atoms with E-state index in [1.807, 2.05) is 0 Å². The van der Waals surface area contributed by atoms with Gasteiger partial charge in [0, 0.05) is 36.4 Å². The molecule has 0 aliphatic carbocycles. The van der Waals surface area contributed by atoms with Gasteiger partial charge in [-0.15, -0.1) is 0 Å². The van der Waals surface area contributed by atoms with E-state index in [2.05, 4.69) is 31.1 Å². The normalized spacial score (nSPS) is 14.1. The Hall–Kier alpha value is -3.45. The second-order valence-electron chi connectivity index (χ2n) is 7.49. The van der Waals surface area contributed by atoms with E-state index in [9.17, 15) is 9.65 Å². The number of halogens is 3. The Kier molecular flexibility index (Phi) is 5.50. The summed E-state index contributed by atoms with van der Waals surface area (Å²) in [5.41, 5.74) is 8.74. The van der Waals surface area contributed by atoms with Crippen LogP contribution in [0, 0.1) is 17.3 Å². The Morgan fingerprint density at radius 3 is 2.76 bits per heavy atom. The number of rotatable bonds is 5. The van der Waals surface area contributed by atoms with E-state index < -0.39 is 12.2 Å². The first-order valence-corrected chi connectivity index (χ1v) is 10.8. The third-order valence-electron chi connectivity index (χ3n) is 5.46. The van der Waals surface area contributed by atoms with Crippen LogP contribution in [0.25, 0.3) is 22.2 Å². The van der Waals surface area contributed by atoms with Crippen LogP contribution < -0.4 is 15.4 Å². The highest BCUT2D eigenvalue weighted by Gasteiger charge is 2.22. The van der Waals surface area contributed by atoms with Crippen molar-refractivity contribution in [2.45, 2.75) is 12.6 Å². The summed E-state index contributed by atoms with van der Waals surface area (Å²) in [6, 6.07) is 9.20. The molecule has 5 rings (SSSR count). The van der Waals surface area contributed by atoms with Crippen molar-refractivity contribution in [1.29, 1.82) is 5.26 Å². The lowest BCUT2D eigenvalue weighted by Crippen LogP contribution is -2.38. The van der Waals surface area contributed by atoms with Crippen LogP contribution >= 0.6 is 23.2 Å². The zero-order valence-corrected chi connectivity index (χ0v) is 18.5. The van der Waals surface area contributed by atoms with Crippen molar-refractivity contribution in [2.24, 2.45) is 5.73 Å². The topological polar surface area (TPSA) is 117 Å². The maximum atomic E-state index is 13.8. The van der Waals surface area contributed by atoms with Gasteiger partial charge in [0.25, 0.3) is 0 Å². The van der Waals surface area contributed by atoms with E-state index >= 15 is 0 Å². The van der Waals surface area contributed by atoms with Crippen LogP contribution in [0.15, 0.2) is 36.7 Å². The molecular weight excluding hydrogens is 468 g/mol. The zero-order valence-electron chi connectivity index (χ0n) is 17.0. The highest BCUT2D eigenvalue weighted by atomic mass is 35.5. The minimum Gasteiger partial charge on any atom is -0.471 e. The van der Waals surface area contributed by atoms with Crippen LogP contribution in [0.1, 0.15) is 23.8 Å². The SMILES string of the molecule is N#Cc1cc(-c2n[nH]c3ccc(O[C@H](N)c4c(Cl)cnc(F)c4Cl)cc23)cnc1N1CCC1. The molecule has 0 unspecified atom stereocenters. The quantitative estimate of drug-likeness (QED) is 0.315. The number of fused-ring (bicyclic) bond motifs is 1. The fourth-order valence-corrected chi connectivity index (χ4v) is 4.22. The molecule has 33 heavy (non-hydrogen) atoms. The van der Waals surface area contributed by atoms with Gasteiger partial charge < -0.3 is 9.64 Å². The Morgan fingerprint density at radius 2 is 2.03 bits per heavy atom. The van der Waals surface area contributed by atoms with Gasteiger partial charge in [0.15, 0.2) is 6.23 Å². The molecule has 3 N–H and O–H groups in total. The summed E-state index contributed by atoms with van der Waals surface area (Å²) in [5.74, 6) is 0.193. The molecule has 4 aromatic rings. The van der Waals surface area contributed by atoms with Gasteiger partial charge in [-0.3, -0.25) is 10.8 Å². The number of nitriles is 1. The Balaban J connectivity index is 1.49. The van der Waals surface area contributed by atoms with E-state index in [4.69, 9.17) is 33.7 Å². The maximum Gasteiger partial charge on any atom is 0.232 e. The zero-order chi connectivity index (χ0) is 23.1. The van der Waals surface area contributed by atoms with Gasteiger partial charge in [0.2, 0.25) is 5.95 Å². The molecule has 8 nitrogen and oxygen atoms in total. The fraction of sp³-hybridized carbons (Fsp3) is 0.182. The monoisotopic (exact) mass is 483 g/mol. The number of anilines is 1. The Bertz CT molecular complexity index is 1410. The van der Waals surface area contributed by atoms with E-state index in [1.165, 1.54) is 0 Å². The summed E-state index contributed by atoms with van der Waals surface area (Å²) >= 11 is 12.1. The molecule has 1 aliphatic rings. The second kappa shape index (κ2) is 8.48. The summed E-state index contributed by atoms with van der Waals surface area (Å²) in [5, 5.41) is 17.5. The number of aromatic nitrogens is 4. The number of nitrogens with one attached hydrogen (secondary N) is 1. The Labute approximate surface area is 197 Å². The molecule has 0 spiro atoms. The van der Waals surface area contributed by atoms with Crippen LogP contribution in [0.3, 0.4) is 0 Å². The van der Waals surface area contributed by atoms with Crippen molar-refractivity contribution < 1.29 is 9.13 Å². The van der Waals surface area contributed by atoms with Gasteiger partial charge >= 0.3 is 0 Å². The lowest BCUT2D eigenvalue weighted by atomic mass is 10.1. The molecule has 1 aliphatic heterocycles. The number of hydrogen-bond donors (Lipinski definition) is 2. The molecule has 11 heteroatoms. The second-order valence-corrected chi connectivity index (χ2v) is 8.28. The average molecular weight is 484 g/mol. The largest absolute Gasteiger partial charge is 0.471 e. The molecule has 1 aromatic carbocycles. The number of aromatic amines is 1. The minimum atomic E-state index is -1.13. The number of ether oxygens (including phenoxy) is 1. The van der Waals surface area contributed by atoms with Crippen LogP contribution in [-0.4, -0.2) is 33.3 Å².